The molecule has 0 bridgehead atoms. The van der Waals surface area contributed by atoms with Gasteiger partial charge in [0.05, 0.1) is 30.8 Å². The fourth-order valence-corrected chi connectivity index (χ4v) is 5.00. The molecule has 1 aliphatic rings. The van der Waals surface area contributed by atoms with Crippen LogP contribution in [0.4, 0.5) is 5.82 Å². The van der Waals surface area contributed by atoms with E-state index in [2.05, 4.69) is 10.3 Å². The maximum Gasteiger partial charge on any atom is 0.267 e. The highest BCUT2D eigenvalue weighted by atomic mass is 32.2. The predicted molar refractivity (Wildman–Crippen MR) is 145 cm³/mol. The van der Waals surface area contributed by atoms with Crippen molar-refractivity contribution in [3.8, 4) is 11.5 Å². The summed E-state index contributed by atoms with van der Waals surface area (Å²) in [7, 11) is 3.15. The van der Waals surface area contributed by atoms with E-state index in [1.165, 1.54) is 15.4 Å². The summed E-state index contributed by atoms with van der Waals surface area (Å²) < 4.78 is 12.5. The number of ether oxygens (including phenoxy) is 2. The first kappa shape index (κ1) is 25.7. The Kier molecular flexibility index (Phi) is 7.92. The van der Waals surface area contributed by atoms with E-state index in [1.54, 1.807) is 45.5 Å². The third-order valence-corrected chi connectivity index (χ3v) is 6.93. The second kappa shape index (κ2) is 11.1. The molecule has 1 atom stereocenters. The summed E-state index contributed by atoms with van der Waals surface area (Å²) in [5, 5.41) is 12.7. The first-order valence-corrected chi connectivity index (χ1v) is 12.4. The molecular formula is C25H26N4O5S2. The molecule has 1 aromatic carbocycles. The van der Waals surface area contributed by atoms with Crippen LogP contribution in [-0.4, -0.2) is 63.0 Å². The number of anilines is 1. The van der Waals surface area contributed by atoms with E-state index in [1.807, 2.05) is 18.2 Å². The number of nitrogens with one attached hydrogen (secondary N) is 1. The summed E-state index contributed by atoms with van der Waals surface area (Å²) in [6, 6.07) is 10.8. The molecule has 0 saturated carbocycles. The van der Waals surface area contributed by atoms with Crippen molar-refractivity contribution in [3.05, 3.63) is 69.0 Å². The second-order valence-corrected chi connectivity index (χ2v) is 9.79. The maximum absolute atomic E-state index is 13.3. The molecule has 2 aromatic heterocycles. The molecule has 0 unspecified atom stereocenters. The van der Waals surface area contributed by atoms with Crippen molar-refractivity contribution in [2.45, 2.75) is 19.4 Å². The van der Waals surface area contributed by atoms with E-state index < -0.39 is 6.10 Å². The number of aliphatic hydroxyl groups is 1. The largest absolute Gasteiger partial charge is 0.493 e. The first-order valence-electron chi connectivity index (χ1n) is 11.2. The third kappa shape index (κ3) is 5.38. The number of benzene rings is 1. The minimum atomic E-state index is -0.649. The van der Waals surface area contributed by atoms with Gasteiger partial charge >= 0.3 is 0 Å². The van der Waals surface area contributed by atoms with Gasteiger partial charge < -0.3 is 19.9 Å². The minimum absolute atomic E-state index is 0.197. The zero-order chi connectivity index (χ0) is 25.8. The normalized spacial score (nSPS) is 15.6. The molecular weight excluding hydrogens is 500 g/mol. The van der Waals surface area contributed by atoms with Crippen LogP contribution in [0.3, 0.4) is 0 Å². The van der Waals surface area contributed by atoms with Crippen molar-refractivity contribution in [1.82, 2.24) is 14.3 Å². The number of carbonyl (C=O) groups excluding carboxylic acids is 1. The average molecular weight is 527 g/mol. The van der Waals surface area contributed by atoms with E-state index in [9.17, 15) is 14.7 Å². The molecule has 3 aromatic rings. The molecule has 188 valence electrons. The summed E-state index contributed by atoms with van der Waals surface area (Å²) in [5.74, 6) is 1.26. The first-order chi connectivity index (χ1) is 17.3. The minimum Gasteiger partial charge on any atom is -0.493 e. The van der Waals surface area contributed by atoms with Gasteiger partial charge in [-0.1, -0.05) is 36.1 Å². The number of hydrogen-bond acceptors (Lipinski definition) is 9. The molecule has 4 rings (SSSR count). The molecule has 1 amide bonds. The van der Waals surface area contributed by atoms with Crippen molar-refractivity contribution in [3.63, 3.8) is 0 Å². The number of hydrogen-bond donors (Lipinski definition) is 2. The number of aliphatic hydroxyl groups excluding tert-OH is 1. The molecule has 2 N–H and O–H groups in total. The Morgan fingerprint density at radius 3 is 2.69 bits per heavy atom. The van der Waals surface area contributed by atoms with Gasteiger partial charge in [0.1, 0.15) is 15.8 Å². The van der Waals surface area contributed by atoms with Gasteiger partial charge in [-0.25, -0.2) is 4.98 Å². The number of amides is 1. The van der Waals surface area contributed by atoms with Gasteiger partial charge in [0.15, 0.2) is 11.5 Å². The second-order valence-electron chi connectivity index (χ2n) is 8.11. The van der Waals surface area contributed by atoms with Crippen molar-refractivity contribution in [1.29, 1.82) is 0 Å². The highest BCUT2D eigenvalue weighted by Gasteiger charge is 2.32. The molecule has 9 nitrogen and oxygen atoms in total. The summed E-state index contributed by atoms with van der Waals surface area (Å²) in [4.78, 5) is 32.9. The van der Waals surface area contributed by atoms with Gasteiger partial charge in [-0.05, 0) is 49.2 Å². The van der Waals surface area contributed by atoms with E-state index >= 15 is 0 Å². The Balaban J connectivity index is 1.61. The zero-order valence-electron chi connectivity index (χ0n) is 20.1. The molecule has 0 radical (unpaired) electrons. The highest BCUT2D eigenvalue weighted by Crippen LogP contribution is 2.34. The molecule has 0 spiro atoms. The number of thioether (sulfide) groups is 1. The lowest BCUT2D eigenvalue weighted by molar-refractivity contribution is -0.122. The number of thiocarbonyl (C=S) groups is 1. The van der Waals surface area contributed by atoms with Gasteiger partial charge in [0.2, 0.25) is 0 Å². The Morgan fingerprint density at radius 2 is 1.97 bits per heavy atom. The van der Waals surface area contributed by atoms with Gasteiger partial charge in [0.25, 0.3) is 11.5 Å². The van der Waals surface area contributed by atoms with Crippen LogP contribution in [0.1, 0.15) is 18.1 Å². The van der Waals surface area contributed by atoms with Crippen LogP contribution >= 0.6 is 24.0 Å². The molecule has 1 aliphatic heterocycles. The van der Waals surface area contributed by atoms with Crippen LogP contribution in [0.5, 0.6) is 11.5 Å². The Labute approximate surface area is 217 Å². The Morgan fingerprint density at radius 1 is 1.19 bits per heavy atom. The quantitative estimate of drug-likeness (QED) is 0.322. The number of nitrogens with zero attached hydrogens (tertiary/aromatic N) is 3. The van der Waals surface area contributed by atoms with Crippen molar-refractivity contribution in [2.24, 2.45) is 0 Å². The van der Waals surface area contributed by atoms with Gasteiger partial charge in [-0.15, -0.1) is 0 Å². The number of rotatable bonds is 9. The van der Waals surface area contributed by atoms with E-state index in [4.69, 9.17) is 21.7 Å². The number of carbonyl (C=O) groups is 1. The Bertz CT molecular complexity index is 1400. The van der Waals surface area contributed by atoms with Crippen molar-refractivity contribution < 1.29 is 19.4 Å². The molecule has 0 aliphatic carbocycles. The number of fused-ring (bicyclic) bond motifs is 1. The molecule has 1 saturated heterocycles. The number of pyridine rings is 1. The molecule has 1 fully saturated rings. The zero-order valence-corrected chi connectivity index (χ0v) is 21.7. The van der Waals surface area contributed by atoms with Gasteiger partial charge in [-0.2, -0.15) is 0 Å². The maximum atomic E-state index is 13.3. The monoisotopic (exact) mass is 526 g/mol. The summed E-state index contributed by atoms with van der Waals surface area (Å²) in [6.07, 6.45) is 3.05. The van der Waals surface area contributed by atoms with Crippen LogP contribution in [0.25, 0.3) is 11.7 Å². The number of methoxy groups -OCH3 is 2. The highest BCUT2D eigenvalue weighted by molar-refractivity contribution is 8.26. The van der Waals surface area contributed by atoms with E-state index in [0.717, 1.165) is 17.3 Å². The van der Waals surface area contributed by atoms with Crippen LogP contribution in [0.2, 0.25) is 0 Å². The molecule has 3 heterocycles. The van der Waals surface area contributed by atoms with Crippen LogP contribution in [0, 0.1) is 0 Å². The topological polar surface area (TPSA) is 105 Å². The molecule has 11 heteroatoms. The predicted octanol–water partition coefficient (Wildman–Crippen LogP) is 2.95. The lowest BCUT2D eigenvalue weighted by Crippen LogP contribution is -2.30. The van der Waals surface area contributed by atoms with Gasteiger partial charge in [0, 0.05) is 19.3 Å². The lowest BCUT2D eigenvalue weighted by Gasteiger charge is -2.15. The smallest absolute Gasteiger partial charge is 0.267 e. The average Bonchev–Trinajstić information content (AvgIpc) is 3.14. The summed E-state index contributed by atoms with van der Waals surface area (Å²) >= 11 is 6.62. The van der Waals surface area contributed by atoms with Crippen LogP contribution < -0.4 is 20.3 Å². The van der Waals surface area contributed by atoms with Crippen LogP contribution in [-0.2, 0) is 11.2 Å². The number of aromatic nitrogens is 2. The van der Waals surface area contributed by atoms with Crippen LogP contribution in [0.15, 0.2) is 52.3 Å². The van der Waals surface area contributed by atoms with E-state index in [-0.39, 0.29) is 23.6 Å². The Hall–Kier alpha value is -3.41. The van der Waals surface area contributed by atoms with Crippen molar-refractivity contribution >= 4 is 51.7 Å². The van der Waals surface area contributed by atoms with Gasteiger partial charge in [-0.3, -0.25) is 18.9 Å². The lowest BCUT2D eigenvalue weighted by atomic mass is 10.1. The van der Waals surface area contributed by atoms with Crippen molar-refractivity contribution in [2.75, 3.05) is 32.6 Å². The molecule has 36 heavy (non-hydrogen) atoms. The third-order valence-electron chi connectivity index (χ3n) is 5.56. The SMILES string of the molecule is COc1ccc(CCN2C(=O)/C(=C/c3c(NC[C@@H](C)O)nc4ccccn4c3=O)SC2=S)cc1OC. The standard InChI is InChI=1S/C25H26N4O5S2/c1-15(30)14-26-22-17(23(31)28-10-5-4-6-21(28)27-22)13-20-24(32)29(25(35)36-20)11-9-16-7-8-18(33-2)19(12-16)34-3/h4-8,10,12-13,15,26,30H,9,11,14H2,1-3H3/b20-13-/t15-/m1/s1. The fraction of sp³-hybridized carbons (Fsp3) is 0.280. The van der Waals surface area contributed by atoms with E-state index in [0.29, 0.717) is 45.2 Å². The summed E-state index contributed by atoms with van der Waals surface area (Å²) in [6.45, 7) is 2.20. The fourth-order valence-electron chi connectivity index (χ4n) is 3.71. The summed E-state index contributed by atoms with van der Waals surface area (Å²) in [5.41, 5.74) is 1.31.